The summed E-state index contributed by atoms with van der Waals surface area (Å²) in [6.45, 7) is 2.15. The Balaban J connectivity index is 1.76. The van der Waals surface area contributed by atoms with Crippen LogP contribution >= 0.6 is 0 Å². The molecule has 0 saturated heterocycles. The number of hydrogen-bond acceptors (Lipinski definition) is 1. The van der Waals surface area contributed by atoms with E-state index in [0.717, 1.165) is 16.8 Å². The van der Waals surface area contributed by atoms with Crippen LogP contribution < -0.4 is 4.90 Å². The fourth-order valence-corrected chi connectivity index (χ4v) is 3.32. The van der Waals surface area contributed by atoms with E-state index in [-0.39, 0.29) is 0 Å². The Kier molecular flexibility index (Phi) is 4.44. The lowest BCUT2D eigenvalue weighted by atomic mass is 10.1. The number of aromatic nitrogens is 1. The summed E-state index contributed by atoms with van der Waals surface area (Å²) >= 11 is 0. The first kappa shape index (κ1) is 17.0. The molecule has 0 atom stereocenters. The van der Waals surface area contributed by atoms with Crippen LogP contribution in [0.1, 0.15) is 16.7 Å². The maximum absolute atomic E-state index is 3.37. The van der Waals surface area contributed by atoms with Crippen molar-refractivity contribution in [2.75, 3.05) is 19.0 Å². The van der Waals surface area contributed by atoms with E-state index in [4.69, 9.17) is 0 Å². The zero-order valence-corrected chi connectivity index (χ0v) is 15.9. The fourth-order valence-electron chi connectivity index (χ4n) is 3.32. The number of rotatable bonds is 2. The molecule has 0 N–H and O–H groups in total. The molecule has 0 amide bonds. The van der Waals surface area contributed by atoms with Crippen molar-refractivity contribution >= 4 is 16.6 Å². The maximum atomic E-state index is 3.37. The van der Waals surface area contributed by atoms with Gasteiger partial charge in [-0.1, -0.05) is 42.2 Å². The molecule has 0 aliphatic heterocycles. The fraction of sp³-hybridized carbons (Fsp3) is 0.120. The minimum atomic E-state index is 1.02. The molecular formula is C25H22N2. The molecule has 4 rings (SSSR count). The Morgan fingerprint density at radius 2 is 1.48 bits per heavy atom. The molecule has 2 nitrogen and oxygen atoms in total. The van der Waals surface area contributed by atoms with Gasteiger partial charge in [-0.3, -0.25) is 0 Å². The molecule has 0 spiro atoms. The van der Waals surface area contributed by atoms with Crippen molar-refractivity contribution in [3.05, 3.63) is 95.7 Å². The molecule has 1 aromatic heterocycles. The van der Waals surface area contributed by atoms with Crippen LogP contribution in [0.15, 0.2) is 79.0 Å². The highest BCUT2D eigenvalue weighted by atomic mass is 15.1. The van der Waals surface area contributed by atoms with Crippen molar-refractivity contribution in [2.45, 2.75) is 6.92 Å². The first-order valence-electron chi connectivity index (χ1n) is 9.09. The lowest BCUT2D eigenvalue weighted by molar-refractivity contribution is 1.11. The van der Waals surface area contributed by atoms with Crippen LogP contribution in [-0.2, 0) is 0 Å². The number of aryl methyl sites for hydroxylation is 1. The largest absolute Gasteiger partial charge is 0.378 e. The van der Waals surface area contributed by atoms with E-state index in [0.29, 0.717) is 0 Å². The first-order chi connectivity index (χ1) is 13.1. The van der Waals surface area contributed by atoms with Gasteiger partial charge >= 0.3 is 0 Å². The topological polar surface area (TPSA) is 8.17 Å². The maximum Gasteiger partial charge on any atom is 0.0612 e. The summed E-state index contributed by atoms with van der Waals surface area (Å²) < 4.78 is 2.24. The molecule has 0 aliphatic rings. The van der Waals surface area contributed by atoms with Crippen molar-refractivity contribution in [1.82, 2.24) is 4.57 Å². The van der Waals surface area contributed by atoms with Gasteiger partial charge in [0, 0.05) is 42.5 Å². The second-order valence-corrected chi connectivity index (χ2v) is 6.91. The summed E-state index contributed by atoms with van der Waals surface area (Å²) in [4.78, 5) is 2.09. The SMILES string of the molecule is Cc1cn(-c2ccccc2C#Cc2ccc(N(C)C)cc2)c2ccccc12. The molecule has 2 heteroatoms. The third kappa shape index (κ3) is 3.32. The molecule has 4 aromatic rings. The summed E-state index contributed by atoms with van der Waals surface area (Å²) in [6, 6.07) is 25.1. The molecule has 0 unspecified atom stereocenters. The molecule has 1 heterocycles. The van der Waals surface area contributed by atoms with Crippen LogP contribution in [0.3, 0.4) is 0 Å². The van der Waals surface area contributed by atoms with Gasteiger partial charge in [-0.2, -0.15) is 0 Å². The van der Waals surface area contributed by atoms with Gasteiger partial charge in [0.1, 0.15) is 0 Å². The van der Waals surface area contributed by atoms with Gasteiger partial charge in [0.2, 0.25) is 0 Å². The van der Waals surface area contributed by atoms with Crippen LogP contribution in [0, 0.1) is 18.8 Å². The molecule has 27 heavy (non-hydrogen) atoms. The summed E-state index contributed by atoms with van der Waals surface area (Å²) in [6.07, 6.45) is 2.19. The molecule has 0 aliphatic carbocycles. The number of benzene rings is 3. The number of para-hydroxylation sites is 2. The summed E-state index contributed by atoms with van der Waals surface area (Å²) in [5, 5.41) is 1.28. The molecule has 0 radical (unpaired) electrons. The highest BCUT2D eigenvalue weighted by Gasteiger charge is 2.08. The van der Waals surface area contributed by atoms with Crippen molar-refractivity contribution in [2.24, 2.45) is 0 Å². The van der Waals surface area contributed by atoms with Crippen molar-refractivity contribution < 1.29 is 0 Å². The van der Waals surface area contributed by atoms with E-state index < -0.39 is 0 Å². The Labute approximate surface area is 160 Å². The first-order valence-corrected chi connectivity index (χ1v) is 9.09. The normalized spacial score (nSPS) is 10.5. The zero-order valence-electron chi connectivity index (χ0n) is 15.9. The predicted octanol–water partition coefficient (Wildman–Crippen LogP) is 5.40. The number of hydrogen-bond donors (Lipinski definition) is 0. The smallest absolute Gasteiger partial charge is 0.0612 e. The second-order valence-electron chi connectivity index (χ2n) is 6.91. The van der Waals surface area contributed by atoms with Crippen molar-refractivity contribution in [1.29, 1.82) is 0 Å². The van der Waals surface area contributed by atoms with E-state index in [1.165, 1.54) is 22.2 Å². The van der Waals surface area contributed by atoms with Crippen LogP contribution in [0.2, 0.25) is 0 Å². The Morgan fingerprint density at radius 3 is 2.26 bits per heavy atom. The molecule has 0 fully saturated rings. The minimum absolute atomic E-state index is 1.02. The van der Waals surface area contributed by atoms with Gasteiger partial charge in [-0.15, -0.1) is 0 Å². The van der Waals surface area contributed by atoms with Crippen LogP contribution in [-0.4, -0.2) is 18.7 Å². The van der Waals surface area contributed by atoms with Crippen molar-refractivity contribution in [3.63, 3.8) is 0 Å². The predicted molar refractivity (Wildman–Crippen MR) is 115 cm³/mol. The Morgan fingerprint density at radius 1 is 0.778 bits per heavy atom. The van der Waals surface area contributed by atoms with E-state index in [1.807, 2.05) is 20.2 Å². The summed E-state index contributed by atoms with van der Waals surface area (Å²) in [5.41, 5.74) is 6.81. The highest BCUT2D eigenvalue weighted by Crippen LogP contribution is 2.25. The van der Waals surface area contributed by atoms with Crippen LogP contribution in [0.5, 0.6) is 0 Å². The van der Waals surface area contributed by atoms with Crippen LogP contribution in [0.25, 0.3) is 16.6 Å². The lowest BCUT2D eigenvalue weighted by Gasteiger charge is -2.11. The van der Waals surface area contributed by atoms with E-state index in [2.05, 4.69) is 101 Å². The number of anilines is 1. The average Bonchev–Trinajstić information content (AvgIpc) is 3.04. The zero-order chi connectivity index (χ0) is 18.8. The molecule has 132 valence electrons. The number of nitrogens with zero attached hydrogens (tertiary/aromatic N) is 2. The molecule has 0 bridgehead atoms. The van der Waals surface area contributed by atoms with Crippen molar-refractivity contribution in [3.8, 4) is 17.5 Å². The molecule has 3 aromatic carbocycles. The summed E-state index contributed by atoms with van der Waals surface area (Å²) in [7, 11) is 4.08. The van der Waals surface area contributed by atoms with E-state index in [9.17, 15) is 0 Å². The third-order valence-corrected chi connectivity index (χ3v) is 4.80. The van der Waals surface area contributed by atoms with Gasteiger partial charge < -0.3 is 9.47 Å². The Bertz CT molecular complexity index is 1150. The standard InChI is InChI=1S/C25H22N2/c1-19-18-27(25-11-7-5-9-23(19)25)24-10-6-4-8-21(24)15-12-20-13-16-22(17-14-20)26(2)3/h4-11,13-14,16-18H,1-3H3. The van der Waals surface area contributed by atoms with E-state index >= 15 is 0 Å². The minimum Gasteiger partial charge on any atom is -0.378 e. The van der Waals surface area contributed by atoms with Crippen LogP contribution in [0.4, 0.5) is 5.69 Å². The average molecular weight is 350 g/mol. The number of fused-ring (bicyclic) bond motifs is 1. The van der Waals surface area contributed by atoms with Gasteiger partial charge in [-0.25, -0.2) is 0 Å². The Hall–Kier alpha value is -3.44. The van der Waals surface area contributed by atoms with Gasteiger partial charge in [0.15, 0.2) is 0 Å². The monoisotopic (exact) mass is 350 g/mol. The second kappa shape index (κ2) is 7.05. The molecular weight excluding hydrogens is 328 g/mol. The van der Waals surface area contributed by atoms with Gasteiger partial charge in [0.25, 0.3) is 0 Å². The lowest BCUT2D eigenvalue weighted by Crippen LogP contribution is -2.07. The van der Waals surface area contributed by atoms with Gasteiger partial charge in [0.05, 0.1) is 11.2 Å². The third-order valence-electron chi connectivity index (χ3n) is 4.80. The quantitative estimate of drug-likeness (QED) is 0.439. The van der Waals surface area contributed by atoms with Gasteiger partial charge in [-0.05, 0) is 55.0 Å². The highest BCUT2D eigenvalue weighted by molar-refractivity contribution is 5.85. The molecule has 0 saturated carbocycles. The van der Waals surface area contributed by atoms with E-state index in [1.54, 1.807) is 0 Å². The summed E-state index contributed by atoms with van der Waals surface area (Å²) in [5.74, 6) is 6.68.